The summed E-state index contributed by atoms with van der Waals surface area (Å²) in [5.74, 6) is -5.21. The van der Waals surface area contributed by atoms with Crippen LogP contribution in [0.25, 0.3) is 5.57 Å². The second-order valence-corrected chi connectivity index (χ2v) is 14.4. The molecule has 0 aromatic heterocycles. The van der Waals surface area contributed by atoms with E-state index in [0.29, 0.717) is 50.6 Å². The van der Waals surface area contributed by atoms with Crippen LogP contribution in [0, 0.1) is 31.3 Å². The fourth-order valence-corrected chi connectivity index (χ4v) is 7.20. The van der Waals surface area contributed by atoms with Gasteiger partial charge < -0.3 is 34.8 Å². The maximum atomic E-state index is 14.7. The summed E-state index contributed by atoms with van der Waals surface area (Å²) in [6.07, 6.45) is 0.977. The van der Waals surface area contributed by atoms with Crippen LogP contribution in [0.4, 0.5) is 13.2 Å². The van der Waals surface area contributed by atoms with Crippen molar-refractivity contribution in [2.45, 2.75) is 83.0 Å². The molecule has 2 aliphatic heterocycles. The van der Waals surface area contributed by atoms with E-state index < -0.39 is 47.7 Å². The van der Waals surface area contributed by atoms with E-state index in [2.05, 4.69) is 5.32 Å². The minimum Gasteiger partial charge on any atom is -0.492 e. The number of carboxylic acids is 1. The number of rotatable bonds is 16. The zero-order valence-electron chi connectivity index (χ0n) is 30.5. The highest BCUT2D eigenvalue weighted by Gasteiger charge is 2.43. The van der Waals surface area contributed by atoms with Crippen molar-refractivity contribution in [3.63, 3.8) is 0 Å². The summed E-state index contributed by atoms with van der Waals surface area (Å²) in [4.78, 5) is 42.5. The highest BCUT2D eigenvalue weighted by atomic mass is 19.2. The molecule has 6 rings (SSSR count). The number of hydrogen-bond acceptors (Lipinski definition) is 7. The Balaban J connectivity index is 1.20. The first-order chi connectivity index (χ1) is 25.9. The van der Waals surface area contributed by atoms with E-state index in [9.17, 15) is 32.7 Å². The summed E-state index contributed by atoms with van der Waals surface area (Å²) >= 11 is 0. The molecule has 288 valence electrons. The fourth-order valence-electron chi connectivity index (χ4n) is 7.20. The number of benzene rings is 3. The van der Waals surface area contributed by atoms with Crippen molar-refractivity contribution in [1.82, 2.24) is 15.1 Å². The molecule has 3 N–H and O–H groups in total. The maximum Gasteiger partial charge on any atom is 0.305 e. The average molecular weight is 750 g/mol. The largest absolute Gasteiger partial charge is 0.492 e. The molecule has 3 aromatic rings. The monoisotopic (exact) mass is 749 g/mol. The van der Waals surface area contributed by atoms with Crippen LogP contribution >= 0.6 is 0 Å². The van der Waals surface area contributed by atoms with Gasteiger partial charge in [0.15, 0.2) is 17.4 Å². The van der Waals surface area contributed by atoms with Gasteiger partial charge in [-0.2, -0.15) is 4.39 Å². The molecular weight excluding hydrogens is 703 g/mol. The van der Waals surface area contributed by atoms with E-state index >= 15 is 0 Å². The molecule has 2 fully saturated rings. The molecule has 3 aliphatic rings. The van der Waals surface area contributed by atoms with Gasteiger partial charge in [0, 0.05) is 30.7 Å². The first-order valence-electron chi connectivity index (χ1n) is 18.4. The van der Waals surface area contributed by atoms with Gasteiger partial charge in [-0.15, -0.1) is 0 Å². The van der Waals surface area contributed by atoms with Gasteiger partial charge >= 0.3 is 5.97 Å². The van der Waals surface area contributed by atoms with Crippen molar-refractivity contribution in [3.8, 4) is 11.5 Å². The van der Waals surface area contributed by atoms with Gasteiger partial charge in [0.1, 0.15) is 12.4 Å². The van der Waals surface area contributed by atoms with Crippen LogP contribution in [0.2, 0.25) is 0 Å². The van der Waals surface area contributed by atoms with Gasteiger partial charge in [0.05, 0.1) is 38.1 Å². The third-order valence-corrected chi connectivity index (χ3v) is 10.3. The predicted octanol–water partition coefficient (Wildman–Crippen LogP) is 5.35. The van der Waals surface area contributed by atoms with Crippen molar-refractivity contribution in [2.24, 2.45) is 0 Å². The Morgan fingerprint density at radius 1 is 0.926 bits per heavy atom. The molecule has 13 heteroatoms. The summed E-state index contributed by atoms with van der Waals surface area (Å²) in [6.45, 7) is 5.22. The Kier molecular flexibility index (Phi) is 12.3. The fraction of sp³-hybridized carbons (Fsp3) is 0.439. The second-order valence-electron chi connectivity index (χ2n) is 14.4. The number of aryl methyl sites for hydroxylation is 3. The molecule has 0 spiro atoms. The predicted molar refractivity (Wildman–Crippen MR) is 194 cm³/mol. The Morgan fingerprint density at radius 3 is 2.37 bits per heavy atom. The highest BCUT2D eigenvalue weighted by Crippen LogP contribution is 2.37. The van der Waals surface area contributed by atoms with E-state index in [0.717, 1.165) is 52.5 Å². The van der Waals surface area contributed by atoms with Crippen molar-refractivity contribution < 1.29 is 47.2 Å². The van der Waals surface area contributed by atoms with Crippen LogP contribution < -0.4 is 14.8 Å². The number of carbonyl (C=O) groups is 3. The molecule has 1 aliphatic carbocycles. The highest BCUT2D eigenvalue weighted by molar-refractivity contribution is 6.03. The van der Waals surface area contributed by atoms with Crippen LogP contribution in [0.3, 0.4) is 0 Å². The average Bonchev–Trinajstić information content (AvgIpc) is 3.98. The molecule has 2 amide bonds. The van der Waals surface area contributed by atoms with Crippen LogP contribution in [0.1, 0.15) is 60.8 Å². The van der Waals surface area contributed by atoms with Crippen molar-refractivity contribution >= 4 is 23.4 Å². The molecule has 2 heterocycles. The van der Waals surface area contributed by atoms with Crippen LogP contribution in [0.15, 0.2) is 60.2 Å². The standard InChI is InChI=1S/C41H46F3N3O7/c1-24-5-12-31(18-25(24)2)53-17-15-47(29-10-11-29)41(52)38-32(19-28-22-46(23-35(38)45-28)36(49)20-30(48)21-37(50)51)27-8-6-26(7-9-27)4-3-16-54-40-34(43)14-13-33(42)39(40)44/h5-9,12-14,18,28-30,35,45,48H,3-4,10-11,15-17,19-23H2,1-2H3,(H,50,51)/t28-,30-,35-/m1/s1. The maximum absolute atomic E-state index is 14.7. The lowest BCUT2D eigenvalue weighted by Crippen LogP contribution is -2.62. The van der Waals surface area contributed by atoms with Crippen molar-refractivity contribution in [1.29, 1.82) is 0 Å². The number of aliphatic hydroxyl groups is 1. The summed E-state index contributed by atoms with van der Waals surface area (Å²) in [7, 11) is 0. The Bertz CT molecular complexity index is 1900. The number of carbonyl (C=O) groups excluding carboxylic acids is 2. The number of amides is 2. The molecule has 2 bridgehead atoms. The molecule has 0 unspecified atom stereocenters. The van der Waals surface area contributed by atoms with Gasteiger partial charge in [-0.1, -0.05) is 30.3 Å². The Morgan fingerprint density at radius 2 is 1.67 bits per heavy atom. The lowest BCUT2D eigenvalue weighted by atomic mass is 9.82. The number of nitrogens with one attached hydrogen (secondary N) is 1. The quantitative estimate of drug-likeness (QED) is 0.132. The van der Waals surface area contributed by atoms with Gasteiger partial charge in [-0.05, 0) is 98.0 Å². The zero-order chi connectivity index (χ0) is 38.5. The van der Waals surface area contributed by atoms with E-state index in [1.54, 1.807) is 4.90 Å². The third-order valence-electron chi connectivity index (χ3n) is 10.3. The third kappa shape index (κ3) is 9.43. The number of hydrogen-bond donors (Lipinski definition) is 3. The first kappa shape index (κ1) is 38.8. The summed E-state index contributed by atoms with van der Waals surface area (Å²) in [5.41, 5.74) is 5.50. The lowest BCUT2D eigenvalue weighted by molar-refractivity contribution is -0.141. The normalized spacial score (nSPS) is 18.7. The second kappa shape index (κ2) is 17.1. The topological polar surface area (TPSA) is 129 Å². The SMILES string of the molecule is Cc1ccc(OCCN(C(=O)C2=C(c3ccc(CCCOc4c(F)ccc(F)c4F)cc3)C[C@@H]3CN(C(=O)C[C@@H](O)CC(=O)O)C[C@H]2N3)C2CC2)cc1C. The van der Waals surface area contributed by atoms with Crippen LogP contribution in [0.5, 0.6) is 11.5 Å². The minimum atomic E-state index is -1.36. The summed E-state index contributed by atoms with van der Waals surface area (Å²) in [6, 6.07) is 14.6. The number of halogens is 3. The number of aliphatic hydroxyl groups excluding tert-OH is 1. The number of nitrogens with zero attached hydrogens (tertiary/aromatic N) is 2. The van der Waals surface area contributed by atoms with Crippen molar-refractivity contribution in [3.05, 3.63) is 99.9 Å². The zero-order valence-corrected chi connectivity index (χ0v) is 30.5. The van der Waals surface area contributed by atoms with E-state index in [1.165, 1.54) is 0 Å². The Hall–Kier alpha value is -4.88. The van der Waals surface area contributed by atoms with E-state index in [-0.39, 0.29) is 43.5 Å². The van der Waals surface area contributed by atoms with Gasteiger partial charge in [-0.25, -0.2) is 8.78 Å². The Labute approximate surface area is 312 Å². The molecule has 1 saturated carbocycles. The number of ether oxygens (including phenoxy) is 2. The number of carboxylic acid groups (broad SMARTS) is 1. The van der Waals surface area contributed by atoms with Crippen LogP contribution in [-0.2, 0) is 20.8 Å². The summed E-state index contributed by atoms with van der Waals surface area (Å²) in [5, 5.41) is 22.8. The number of fused-ring (bicyclic) bond motifs is 2. The molecule has 1 saturated heterocycles. The number of aliphatic carboxylic acids is 1. The molecule has 54 heavy (non-hydrogen) atoms. The molecule has 10 nitrogen and oxygen atoms in total. The van der Waals surface area contributed by atoms with Crippen molar-refractivity contribution in [2.75, 3.05) is 32.8 Å². The molecule has 3 aromatic carbocycles. The van der Waals surface area contributed by atoms with Gasteiger partial charge in [0.2, 0.25) is 11.7 Å². The van der Waals surface area contributed by atoms with Gasteiger partial charge in [0.25, 0.3) is 5.91 Å². The van der Waals surface area contributed by atoms with Gasteiger partial charge in [-0.3, -0.25) is 14.4 Å². The number of piperazine rings is 1. The molecule has 3 atom stereocenters. The lowest BCUT2D eigenvalue weighted by Gasteiger charge is -2.45. The van der Waals surface area contributed by atoms with E-state index in [4.69, 9.17) is 14.6 Å². The minimum absolute atomic E-state index is 0.0231. The van der Waals surface area contributed by atoms with Crippen LogP contribution in [-0.4, -0.2) is 94.9 Å². The molecular formula is C41H46F3N3O7. The molecule has 0 radical (unpaired) electrons. The summed E-state index contributed by atoms with van der Waals surface area (Å²) < 4.78 is 52.8. The van der Waals surface area contributed by atoms with E-state index in [1.807, 2.05) is 61.2 Å². The smallest absolute Gasteiger partial charge is 0.305 e. The first-order valence-corrected chi connectivity index (χ1v) is 18.4.